The minimum absolute atomic E-state index is 0.0154. The van der Waals surface area contributed by atoms with E-state index in [4.69, 9.17) is 12.2 Å². The summed E-state index contributed by atoms with van der Waals surface area (Å²) in [6.07, 6.45) is 3.05. The van der Waals surface area contributed by atoms with Crippen LogP contribution >= 0.6 is 12.2 Å². The lowest BCUT2D eigenvalue weighted by Gasteiger charge is -2.08. The predicted octanol–water partition coefficient (Wildman–Crippen LogP) is 3.74. The third-order valence-electron chi connectivity index (χ3n) is 3.40. The molecule has 0 heterocycles. The lowest BCUT2D eigenvalue weighted by atomic mass is 10.1. The minimum atomic E-state index is -0.466. The number of nitrogens with zero attached hydrogens (tertiary/aromatic N) is 1. The first-order valence-electron chi connectivity index (χ1n) is 7.47. The van der Waals surface area contributed by atoms with Gasteiger partial charge in [0.2, 0.25) is 5.91 Å². The number of hydrogen-bond donors (Lipinski definition) is 2. The number of aryl methyl sites for hydroxylation is 2. The molecule has 0 aliphatic heterocycles. The van der Waals surface area contributed by atoms with Crippen LogP contribution in [0.15, 0.2) is 48.5 Å². The van der Waals surface area contributed by atoms with Crippen molar-refractivity contribution in [3.8, 4) is 0 Å². The Morgan fingerprint density at radius 1 is 1.16 bits per heavy atom. The van der Waals surface area contributed by atoms with Crippen molar-refractivity contribution >= 4 is 40.7 Å². The van der Waals surface area contributed by atoms with Crippen LogP contribution in [0, 0.1) is 24.0 Å². The number of carbonyl (C=O) groups is 1. The largest absolute Gasteiger partial charge is 0.332 e. The number of rotatable bonds is 4. The number of hydrogen-bond acceptors (Lipinski definition) is 4. The van der Waals surface area contributed by atoms with Crippen molar-refractivity contribution < 1.29 is 9.72 Å². The molecule has 0 bridgehead atoms. The molecule has 2 rings (SSSR count). The van der Waals surface area contributed by atoms with Gasteiger partial charge in [0.1, 0.15) is 0 Å². The molecule has 0 atom stereocenters. The van der Waals surface area contributed by atoms with Gasteiger partial charge < -0.3 is 5.32 Å². The maximum atomic E-state index is 11.9. The summed E-state index contributed by atoms with van der Waals surface area (Å²) in [5.41, 5.74) is 3.00. The van der Waals surface area contributed by atoms with Gasteiger partial charge in [-0.3, -0.25) is 20.2 Å². The zero-order valence-electron chi connectivity index (χ0n) is 13.8. The average molecular weight is 355 g/mol. The van der Waals surface area contributed by atoms with Crippen LogP contribution in [0.25, 0.3) is 6.08 Å². The van der Waals surface area contributed by atoms with Gasteiger partial charge >= 0.3 is 0 Å². The number of nitro groups is 1. The van der Waals surface area contributed by atoms with Gasteiger partial charge in [0.05, 0.1) is 4.92 Å². The minimum Gasteiger partial charge on any atom is -0.332 e. The highest BCUT2D eigenvalue weighted by atomic mass is 32.1. The molecule has 2 N–H and O–H groups in total. The topological polar surface area (TPSA) is 84.3 Å². The quantitative estimate of drug-likeness (QED) is 0.378. The smallest absolute Gasteiger partial charge is 0.274 e. The monoisotopic (exact) mass is 355 g/mol. The normalized spacial score (nSPS) is 10.5. The van der Waals surface area contributed by atoms with Crippen LogP contribution in [-0.4, -0.2) is 15.9 Å². The molecule has 0 spiro atoms. The third-order valence-corrected chi connectivity index (χ3v) is 3.61. The molecular weight excluding hydrogens is 338 g/mol. The van der Waals surface area contributed by atoms with Crippen molar-refractivity contribution in [2.24, 2.45) is 0 Å². The predicted molar refractivity (Wildman–Crippen MR) is 102 cm³/mol. The molecule has 0 saturated heterocycles. The Labute approximate surface area is 150 Å². The van der Waals surface area contributed by atoms with Gasteiger partial charge in [0.25, 0.3) is 5.69 Å². The van der Waals surface area contributed by atoms with Crippen molar-refractivity contribution in [1.29, 1.82) is 0 Å². The van der Waals surface area contributed by atoms with E-state index in [-0.39, 0.29) is 16.7 Å². The van der Waals surface area contributed by atoms with Crippen molar-refractivity contribution in [2.75, 3.05) is 5.32 Å². The van der Waals surface area contributed by atoms with E-state index in [2.05, 4.69) is 10.6 Å². The Bertz CT molecular complexity index is 845. The molecule has 0 fully saturated rings. The second-order valence-electron chi connectivity index (χ2n) is 5.45. The van der Waals surface area contributed by atoms with Crippen molar-refractivity contribution in [2.45, 2.75) is 13.8 Å². The van der Waals surface area contributed by atoms with Crippen LogP contribution in [-0.2, 0) is 4.79 Å². The number of nitro benzene ring substituents is 1. The Balaban J connectivity index is 1.95. The molecule has 2 aromatic rings. The second kappa shape index (κ2) is 8.16. The van der Waals surface area contributed by atoms with Crippen LogP contribution in [0.1, 0.15) is 16.7 Å². The van der Waals surface area contributed by atoms with Gasteiger partial charge in [0, 0.05) is 23.4 Å². The van der Waals surface area contributed by atoms with E-state index in [0.29, 0.717) is 11.3 Å². The maximum absolute atomic E-state index is 11.9. The maximum Gasteiger partial charge on any atom is 0.274 e. The summed E-state index contributed by atoms with van der Waals surface area (Å²) in [6.45, 7) is 3.64. The summed E-state index contributed by atoms with van der Waals surface area (Å²) < 4.78 is 0. The molecule has 0 aliphatic carbocycles. The van der Waals surface area contributed by atoms with E-state index in [1.807, 2.05) is 31.2 Å². The fourth-order valence-corrected chi connectivity index (χ4v) is 2.27. The number of benzene rings is 2. The zero-order chi connectivity index (χ0) is 18.4. The number of amides is 1. The Hall–Kier alpha value is -3.06. The van der Waals surface area contributed by atoms with Crippen molar-refractivity contribution in [1.82, 2.24) is 5.32 Å². The third kappa shape index (κ3) is 5.50. The lowest BCUT2D eigenvalue weighted by Crippen LogP contribution is -2.32. The fraction of sp³-hybridized carbons (Fsp3) is 0.111. The van der Waals surface area contributed by atoms with E-state index in [0.717, 1.165) is 11.1 Å². The molecule has 1 amide bonds. The Morgan fingerprint density at radius 2 is 1.84 bits per heavy atom. The van der Waals surface area contributed by atoms with E-state index in [9.17, 15) is 14.9 Å². The van der Waals surface area contributed by atoms with E-state index in [1.165, 1.54) is 12.1 Å². The fourth-order valence-electron chi connectivity index (χ4n) is 2.05. The first-order chi connectivity index (χ1) is 11.8. The SMILES string of the molecule is Cc1ccc(/C=C/C(=O)NC(=S)Nc2ccc(C)c([N+](=O)[O-])c2)cc1. The van der Waals surface area contributed by atoms with Crippen molar-refractivity contribution in [3.05, 3.63) is 75.3 Å². The van der Waals surface area contributed by atoms with Gasteiger partial charge in [-0.15, -0.1) is 0 Å². The molecule has 2 aromatic carbocycles. The van der Waals surface area contributed by atoms with Crippen LogP contribution < -0.4 is 10.6 Å². The zero-order valence-corrected chi connectivity index (χ0v) is 14.6. The molecule has 0 radical (unpaired) electrons. The first-order valence-corrected chi connectivity index (χ1v) is 7.88. The molecule has 25 heavy (non-hydrogen) atoms. The molecule has 128 valence electrons. The van der Waals surface area contributed by atoms with Crippen LogP contribution in [0.3, 0.4) is 0 Å². The lowest BCUT2D eigenvalue weighted by molar-refractivity contribution is -0.385. The van der Waals surface area contributed by atoms with Crippen LogP contribution in [0.5, 0.6) is 0 Å². The highest BCUT2D eigenvalue weighted by Crippen LogP contribution is 2.22. The summed E-state index contributed by atoms with van der Waals surface area (Å²) in [5, 5.41) is 16.3. The van der Waals surface area contributed by atoms with E-state index >= 15 is 0 Å². The number of carbonyl (C=O) groups excluding carboxylic acids is 1. The van der Waals surface area contributed by atoms with E-state index < -0.39 is 4.92 Å². The molecule has 0 saturated carbocycles. The Kier molecular flexibility index (Phi) is 5.97. The second-order valence-corrected chi connectivity index (χ2v) is 5.85. The summed E-state index contributed by atoms with van der Waals surface area (Å²) in [4.78, 5) is 22.4. The summed E-state index contributed by atoms with van der Waals surface area (Å²) >= 11 is 5.06. The van der Waals surface area contributed by atoms with Gasteiger partial charge in [0.15, 0.2) is 5.11 Å². The van der Waals surface area contributed by atoms with Gasteiger partial charge in [-0.05, 0) is 43.8 Å². The number of thiocarbonyl (C=S) groups is 1. The molecule has 0 aliphatic rings. The summed E-state index contributed by atoms with van der Waals surface area (Å²) in [7, 11) is 0. The van der Waals surface area contributed by atoms with Gasteiger partial charge in [-0.2, -0.15) is 0 Å². The average Bonchev–Trinajstić information content (AvgIpc) is 2.55. The van der Waals surface area contributed by atoms with Gasteiger partial charge in [-0.25, -0.2) is 0 Å². The molecule has 0 unspecified atom stereocenters. The standard InChI is InChI=1S/C18H17N3O3S/c1-12-3-6-14(7-4-12)8-10-17(22)20-18(25)19-15-9-5-13(2)16(11-15)21(23)24/h3-11H,1-2H3,(H2,19,20,22,25)/b10-8+. The molecule has 7 heteroatoms. The summed E-state index contributed by atoms with van der Waals surface area (Å²) in [6, 6.07) is 12.4. The van der Waals surface area contributed by atoms with E-state index in [1.54, 1.807) is 25.1 Å². The number of anilines is 1. The molecule has 6 nitrogen and oxygen atoms in total. The van der Waals surface area contributed by atoms with Crippen LogP contribution in [0.2, 0.25) is 0 Å². The highest BCUT2D eigenvalue weighted by Gasteiger charge is 2.11. The first kappa shape index (κ1) is 18.3. The highest BCUT2D eigenvalue weighted by molar-refractivity contribution is 7.80. The summed E-state index contributed by atoms with van der Waals surface area (Å²) in [5.74, 6) is -0.389. The van der Waals surface area contributed by atoms with Crippen molar-refractivity contribution in [3.63, 3.8) is 0 Å². The number of nitrogens with one attached hydrogen (secondary N) is 2. The molecular formula is C18H17N3O3S. The van der Waals surface area contributed by atoms with Crippen LogP contribution in [0.4, 0.5) is 11.4 Å². The Morgan fingerprint density at radius 3 is 2.48 bits per heavy atom. The molecule has 0 aromatic heterocycles. The van der Waals surface area contributed by atoms with Gasteiger partial charge in [-0.1, -0.05) is 35.9 Å².